The maximum Gasteiger partial charge on any atom is 0.303 e. The zero-order chi connectivity index (χ0) is 12.9. The standard InChI is InChI=1S/C13H25NO3/c1-13(2)5-7-14(6-4-8-17-3)10-11(13)9-12(15)16/h11H,4-10H2,1-3H3,(H,15,16). The molecular weight excluding hydrogens is 218 g/mol. The number of piperidine rings is 1. The fourth-order valence-corrected chi connectivity index (χ4v) is 2.49. The summed E-state index contributed by atoms with van der Waals surface area (Å²) in [6.07, 6.45) is 2.39. The molecule has 1 atom stereocenters. The molecule has 0 aromatic heterocycles. The van der Waals surface area contributed by atoms with Crippen molar-refractivity contribution >= 4 is 5.97 Å². The van der Waals surface area contributed by atoms with Crippen molar-refractivity contribution in [2.75, 3.05) is 33.4 Å². The number of carboxylic acid groups (broad SMARTS) is 1. The van der Waals surface area contributed by atoms with E-state index in [1.165, 1.54) is 0 Å². The number of nitrogens with zero attached hydrogens (tertiary/aromatic N) is 1. The van der Waals surface area contributed by atoms with E-state index in [0.717, 1.165) is 39.1 Å². The third-order valence-corrected chi connectivity index (χ3v) is 3.90. The highest BCUT2D eigenvalue weighted by Crippen LogP contribution is 2.37. The lowest BCUT2D eigenvalue weighted by molar-refractivity contribution is -0.140. The Morgan fingerprint density at radius 1 is 1.53 bits per heavy atom. The van der Waals surface area contributed by atoms with Crippen LogP contribution in [0, 0.1) is 11.3 Å². The second-order valence-corrected chi connectivity index (χ2v) is 5.68. The van der Waals surface area contributed by atoms with Gasteiger partial charge in [0.25, 0.3) is 0 Å². The molecule has 1 aliphatic heterocycles. The van der Waals surface area contributed by atoms with Crippen LogP contribution in [-0.2, 0) is 9.53 Å². The number of likely N-dealkylation sites (tertiary alicyclic amines) is 1. The van der Waals surface area contributed by atoms with Crippen molar-refractivity contribution < 1.29 is 14.6 Å². The van der Waals surface area contributed by atoms with Gasteiger partial charge in [-0.15, -0.1) is 0 Å². The quantitative estimate of drug-likeness (QED) is 0.723. The molecule has 1 fully saturated rings. The van der Waals surface area contributed by atoms with Gasteiger partial charge in [-0.2, -0.15) is 0 Å². The van der Waals surface area contributed by atoms with Gasteiger partial charge in [-0.1, -0.05) is 13.8 Å². The van der Waals surface area contributed by atoms with E-state index in [4.69, 9.17) is 9.84 Å². The van der Waals surface area contributed by atoms with Crippen molar-refractivity contribution in [2.24, 2.45) is 11.3 Å². The molecule has 4 nitrogen and oxygen atoms in total. The van der Waals surface area contributed by atoms with E-state index in [2.05, 4.69) is 18.7 Å². The van der Waals surface area contributed by atoms with Crippen molar-refractivity contribution in [1.82, 2.24) is 4.90 Å². The average Bonchev–Trinajstić information content (AvgIpc) is 2.22. The van der Waals surface area contributed by atoms with Crippen LogP contribution in [0.25, 0.3) is 0 Å². The van der Waals surface area contributed by atoms with Gasteiger partial charge in [0.05, 0.1) is 0 Å². The van der Waals surface area contributed by atoms with Crippen LogP contribution in [0.1, 0.15) is 33.1 Å². The van der Waals surface area contributed by atoms with E-state index in [0.29, 0.717) is 0 Å². The van der Waals surface area contributed by atoms with E-state index in [1.807, 2.05) is 0 Å². The number of carboxylic acids is 1. The normalized spacial score (nSPS) is 24.8. The minimum Gasteiger partial charge on any atom is -0.481 e. The highest BCUT2D eigenvalue weighted by Gasteiger charge is 2.36. The van der Waals surface area contributed by atoms with E-state index < -0.39 is 5.97 Å². The molecule has 0 amide bonds. The van der Waals surface area contributed by atoms with Crippen LogP contribution in [0.3, 0.4) is 0 Å². The van der Waals surface area contributed by atoms with Gasteiger partial charge in [0, 0.05) is 33.2 Å². The number of carbonyl (C=O) groups is 1. The monoisotopic (exact) mass is 243 g/mol. The van der Waals surface area contributed by atoms with Gasteiger partial charge in [-0.3, -0.25) is 4.79 Å². The zero-order valence-electron chi connectivity index (χ0n) is 11.2. The van der Waals surface area contributed by atoms with E-state index >= 15 is 0 Å². The van der Waals surface area contributed by atoms with E-state index in [9.17, 15) is 4.79 Å². The third kappa shape index (κ3) is 4.64. The second kappa shape index (κ2) is 6.36. The van der Waals surface area contributed by atoms with Gasteiger partial charge in [-0.25, -0.2) is 0 Å². The summed E-state index contributed by atoms with van der Waals surface area (Å²) in [4.78, 5) is 13.3. The van der Waals surface area contributed by atoms with Gasteiger partial charge in [0.15, 0.2) is 0 Å². The second-order valence-electron chi connectivity index (χ2n) is 5.68. The number of hydrogen-bond donors (Lipinski definition) is 1. The first-order valence-corrected chi connectivity index (χ1v) is 6.39. The minimum atomic E-state index is -0.679. The summed E-state index contributed by atoms with van der Waals surface area (Å²) in [6, 6.07) is 0. The Hall–Kier alpha value is -0.610. The molecule has 1 saturated heterocycles. The Morgan fingerprint density at radius 2 is 2.24 bits per heavy atom. The van der Waals surface area contributed by atoms with Crippen LogP contribution >= 0.6 is 0 Å². The lowest BCUT2D eigenvalue weighted by Gasteiger charge is -2.43. The molecular formula is C13H25NO3. The Kier molecular flexibility index (Phi) is 5.40. The summed E-state index contributed by atoms with van der Waals surface area (Å²) in [5.41, 5.74) is 0.149. The Labute approximate surface area is 104 Å². The SMILES string of the molecule is COCCCN1CCC(C)(C)C(CC(=O)O)C1. The predicted octanol–water partition coefficient (Wildman–Crippen LogP) is 1.85. The van der Waals surface area contributed by atoms with Crippen molar-refractivity contribution in [3.8, 4) is 0 Å². The molecule has 17 heavy (non-hydrogen) atoms. The predicted molar refractivity (Wildman–Crippen MR) is 67.1 cm³/mol. The van der Waals surface area contributed by atoms with Crippen molar-refractivity contribution in [3.63, 3.8) is 0 Å². The number of hydrogen-bond acceptors (Lipinski definition) is 3. The first-order valence-electron chi connectivity index (χ1n) is 6.39. The Balaban J connectivity index is 2.45. The number of ether oxygens (including phenoxy) is 1. The number of rotatable bonds is 6. The molecule has 1 unspecified atom stereocenters. The van der Waals surface area contributed by atoms with Gasteiger partial charge in [-0.05, 0) is 30.7 Å². The molecule has 100 valence electrons. The van der Waals surface area contributed by atoms with Crippen molar-refractivity contribution in [3.05, 3.63) is 0 Å². The summed E-state index contributed by atoms with van der Waals surface area (Å²) in [5, 5.41) is 8.96. The number of methoxy groups -OCH3 is 1. The fraction of sp³-hybridized carbons (Fsp3) is 0.923. The Bertz CT molecular complexity index is 253. The fourth-order valence-electron chi connectivity index (χ4n) is 2.49. The zero-order valence-corrected chi connectivity index (χ0v) is 11.2. The van der Waals surface area contributed by atoms with Gasteiger partial charge in [0.1, 0.15) is 0 Å². The van der Waals surface area contributed by atoms with E-state index in [1.54, 1.807) is 7.11 Å². The molecule has 0 aromatic rings. The largest absolute Gasteiger partial charge is 0.481 e. The minimum absolute atomic E-state index is 0.149. The smallest absolute Gasteiger partial charge is 0.303 e. The van der Waals surface area contributed by atoms with Gasteiger partial charge >= 0.3 is 5.97 Å². The lowest BCUT2D eigenvalue weighted by Crippen LogP contribution is -2.45. The molecule has 0 radical (unpaired) electrons. The maximum absolute atomic E-state index is 10.9. The van der Waals surface area contributed by atoms with Gasteiger partial charge < -0.3 is 14.7 Å². The van der Waals surface area contributed by atoms with Crippen LogP contribution in [-0.4, -0.2) is 49.3 Å². The molecule has 1 heterocycles. The molecule has 1 N–H and O–H groups in total. The summed E-state index contributed by atoms with van der Waals surface area (Å²) in [6.45, 7) is 8.15. The summed E-state index contributed by atoms with van der Waals surface area (Å²) >= 11 is 0. The highest BCUT2D eigenvalue weighted by molar-refractivity contribution is 5.67. The summed E-state index contributed by atoms with van der Waals surface area (Å²) in [5.74, 6) is -0.418. The number of aliphatic carboxylic acids is 1. The van der Waals surface area contributed by atoms with Crippen LogP contribution in [0.5, 0.6) is 0 Å². The van der Waals surface area contributed by atoms with Crippen LogP contribution in [0.4, 0.5) is 0 Å². The average molecular weight is 243 g/mol. The van der Waals surface area contributed by atoms with E-state index in [-0.39, 0.29) is 17.8 Å². The highest BCUT2D eigenvalue weighted by atomic mass is 16.5. The van der Waals surface area contributed by atoms with Crippen LogP contribution in [0.15, 0.2) is 0 Å². The lowest BCUT2D eigenvalue weighted by atomic mass is 9.72. The van der Waals surface area contributed by atoms with Gasteiger partial charge in [0.2, 0.25) is 0 Å². The van der Waals surface area contributed by atoms with Crippen molar-refractivity contribution in [2.45, 2.75) is 33.1 Å². The first kappa shape index (κ1) is 14.5. The summed E-state index contributed by atoms with van der Waals surface area (Å²) < 4.78 is 5.04. The molecule has 0 bridgehead atoms. The summed E-state index contributed by atoms with van der Waals surface area (Å²) in [7, 11) is 1.71. The maximum atomic E-state index is 10.9. The molecule has 4 heteroatoms. The molecule has 1 aliphatic rings. The van der Waals surface area contributed by atoms with Crippen LogP contribution < -0.4 is 0 Å². The molecule has 0 aromatic carbocycles. The topological polar surface area (TPSA) is 49.8 Å². The molecule has 1 rings (SSSR count). The first-order chi connectivity index (χ1) is 7.95. The van der Waals surface area contributed by atoms with Crippen LogP contribution in [0.2, 0.25) is 0 Å². The third-order valence-electron chi connectivity index (χ3n) is 3.90. The molecule has 0 saturated carbocycles. The molecule has 0 aliphatic carbocycles. The van der Waals surface area contributed by atoms with Crippen molar-refractivity contribution in [1.29, 1.82) is 0 Å². The Morgan fingerprint density at radius 3 is 2.82 bits per heavy atom. The molecule has 0 spiro atoms.